The monoisotopic (exact) mass is 498 g/mol. The van der Waals surface area contributed by atoms with Crippen molar-refractivity contribution in [1.82, 2.24) is 9.80 Å². The number of ether oxygens (including phenoxy) is 1. The molecule has 6 heteroatoms. The molecule has 37 heavy (non-hydrogen) atoms. The van der Waals surface area contributed by atoms with Gasteiger partial charge in [0.15, 0.2) is 0 Å². The van der Waals surface area contributed by atoms with Crippen LogP contribution < -0.4 is 4.74 Å². The highest BCUT2D eigenvalue weighted by atomic mass is 16.5. The van der Waals surface area contributed by atoms with Gasteiger partial charge in [-0.2, -0.15) is 0 Å². The molecule has 6 nitrogen and oxygen atoms in total. The minimum absolute atomic E-state index is 0.119. The molecule has 3 aromatic rings. The molecule has 4 rings (SSSR count). The zero-order chi connectivity index (χ0) is 26.5. The second-order valence-corrected chi connectivity index (χ2v) is 9.64. The Bertz CT molecular complexity index is 1300. The van der Waals surface area contributed by atoms with E-state index in [0.29, 0.717) is 31.0 Å². The third kappa shape index (κ3) is 5.75. The van der Waals surface area contributed by atoms with E-state index in [1.165, 1.54) is 0 Å². The summed E-state index contributed by atoms with van der Waals surface area (Å²) in [5, 5.41) is 11.4. The van der Waals surface area contributed by atoms with Crippen molar-refractivity contribution in [3.8, 4) is 5.75 Å². The van der Waals surface area contributed by atoms with Crippen LogP contribution in [0.3, 0.4) is 0 Å². The molecule has 1 aliphatic rings. The van der Waals surface area contributed by atoms with Gasteiger partial charge in [-0.3, -0.25) is 9.59 Å². The summed E-state index contributed by atoms with van der Waals surface area (Å²) in [5.74, 6) is -0.753. The molecule has 0 unspecified atom stereocenters. The molecule has 0 radical (unpaired) electrons. The number of Topliss-reactive ketones (excluding diaryl/α,β-unsaturated/α-hetero) is 1. The first kappa shape index (κ1) is 26.2. The number of carbonyl (C=O) groups is 2. The van der Waals surface area contributed by atoms with Crippen molar-refractivity contribution >= 4 is 17.4 Å². The van der Waals surface area contributed by atoms with Crippen LogP contribution >= 0.6 is 0 Å². The smallest absolute Gasteiger partial charge is 0.295 e. The average Bonchev–Trinajstić information content (AvgIpc) is 3.16. The van der Waals surface area contributed by atoms with Crippen molar-refractivity contribution in [2.45, 2.75) is 32.9 Å². The van der Waals surface area contributed by atoms with Crippen LogP contribution in [0.4, 0.5) is 0 Å². The molecule has 1 N–H and O–H groups in total. The summed E-state index contributed by atoms with van der Waals surface area (Å²) in [6.07, 6.45) is 0.888. The van der Waals surface area contributed by atoms with E-state index in [1.807, 2.05) is 86.6 Å². The zero-order valence-electron chi connectivity index (χ0n) is 21.9. The molecule has 0 aromatic heterocycles. The fourth-order valence-corrected chi connectivity index (χ4v) is 4.58. The molecule has 1 atom stereocenters. The summed E-state index contributed by atoms with van der Waals surface area (Å²) < 4.78 is 5.92. The summed E-state index contributed by atoms with van der Waals surface area (Å²) in [5.41, 5.74) is 4.40. The summed E-state index contributed by atoms with van der Waals surface area (Å²) in [4.78, 5) is 29.9. The first-order valence-electron chi connectivity index (χ1n) is 12.6. The Morgan fingerprint density at radius 3 is 2.30 bits per heavy atom. The van der Waals surface area contributed by atoms with E-state index in [9.17, 15) is 14.7 Å². The number of rotatable bonds is 9. The molecule has 0 saturated carbocycles. The number of aliphatic hydroxyl groups excluding tert-OH is 1. The third-order valence-corrected chi connectivity index (χ3v) is 6.73. The van der Waals surface area contributed by atoms with Crippen molar-refractivity contribution in [3.05, 3.63) is 106 Å². The van der Waals surface area contributed by atoms with Crippen LogP contribution in [-0.2, 0) is 22.6 Å². The highest BCUT2D eigenvalue weighted by molar-refractivity contribution is 6.46. The molecule has 1 amide bonds. The van der Waals surface area contributed by atoms with Gasteiger partial charge in [0.2, 0.25) is 0 Å². The number of aliphatic hydroxyl groups is 1. The molecule has 1 saturated heterocycles. The number of nitrogens with zero attached hydrogens (tertiary/aromatic N) is 2. The van der Waals surface area contributed by atoms with E-state index in [0.717, 1.165) is 28.7 Å². The lowest BCUT2D eigenvalue weighted by Gasteiger charge is -2.27. The third-order valence-electron chi connectivity index (χ3n) is 6.73. The highest BCUT2D eigenvalue weighted by Crippen LogP contribution is 2.40. The van der Waals surface area contributed by atoms with Gasteiger partial charge in [0, 0.05) is 18.7 Å². The second-order valence-electron chi connectivity index (χ2n) is 9.64. The number of aryl methyl sites for hydroxylation is 2. The van der Waals surface area contributed by atoms with Gasteiger partial charge < -0.3 is 19.6 Å². The predicted molar refractivity (Wildman–Crippen MR) is 145 cm³/mol. The van der Waals surface area contributed by atoms with Crippen LogP contribution in [0.2, 0.25) is 0 Å². The number of likely N-dealkylation sites (N-methyl/N-ethyl adjacent to an activating group) is 1. The van der Waals surface area contributed by atoms with Gasteiger partial charge in [-0.1, -0.05) is 61.5 Å². The molecule has 3 aromatic carbocycles. The molecule has 1 aliphatic heterocycles. The van der Waals surface area contributed by atoms with E-state index in [-0.39, 0.29) is 11.3 Å². The Hall–Kier alpha value is -3.90. The lowest BCUT2D eigenvalue weighted by Crippen LogP contribution is -2.35. The van der Waals surface area contributed by atoms with E-state index >= 15 is 0 Å². The second kappa shape index (κ2) is 11.4. The number of benzene rings is 3. The molecule has 0 spiro atoms. The van der Waals surface area contributed by atoms with Gasteiger partial charge in [-0.15, -0.1) is 0 Å². The van der Waals surface area contributed by atoms with Gasteiger partial charge in [0.25, 0.3) is 11.7 Å². The average molecular weight is 499 g/mol. The van der Waals surface area contributed by atoms with Crippen LogP contribution in [0.1, 0.15) is 40.8 Å². The number of hydrogen-bond donors (Lipinski definition) is 1. The lowest BCUT2D eigenvalue weighted by molar-refractivity contribution is -0.140. The SMILES string of the molecule is CCc1ccc([C@@H]2C(=C(O)c3ccc(OCc4ccccc4)cc3C)C(=O)C(=O)N2CCN(C)C)cc1. The Balaban J connectivity index is 1.70. The molecule has 1 heterocycles. The number of amides is 1. The Labute approximate surface area is 218 Å². The van der Waals surface area contributed by atoms with Crippen LogP contribution in [0.5, 0.6) is 5.75 Å². The van der Waals surface area contributed by atoms with Gasteiger partial charge in [0.1, 0.15) is 18.1 Å². The van der Waals surface area contributed by atoms with Gasteiger partial charge in [0.05, 0.1) is 11.6 Å². The standard InChI is InChI=1S/C31H34N2O4/c1-5-22-11-13-24(14-12-22)28-27(30(35)31(36)33(28)18-17-32(3)4)29(34)26-16-15-25(19-21(26)2)37-20-23-9-7-6-8-10-23/h6-16,19,28,34H,5,17-18,20H2,1-4H3/t28-/m1/s1. The van der Waals surface area contributed by atoms with Crippen molar-refractivity contribution in [2.75, 3.05) is 27.2 Å². The van der Waals surface area contributed by atoms with Crippen molar-refractivity contribution in [1.29, 1.82) is 0 Å². The minimum atomic E-state index is -0.662. The molecular formula is C31H34N2O4. The van der Waals surface area contributed by atoms with Crippen molar-refractivity contribution in [2.24, 2.45) is 0 Å². The Kier molecular flexibility index (Phi) is 8.09. The molecular weight excluding hydrogens is 464 g/mol. The number of hydrogen-bond acceptors (Lipinski definition) is 5. The summed E-state index contributed by atoms with van der Waals surface area (Å²) >= 11 is 0. The zero-order valence-corrected chi connectivity index (χ0v) is 21.9. The maximum absolute atomic E-state index is 13.3. The Morgan fingerprint density at radius 1 is 0.973 bits per heavy atom. The molecule has 1 fully saturated rings. The summed E-state index contributed by atoms with van der Waals surface area (Å²) in [6.45, 7) is 5.34. The number of ketones is 1. The van der Waals surface area contributed by atoms with Gasteiger partial charge in [-0.25, -0.2) is 0 Å². The topological polar surface area (TPSA) is 70.1 Å². The minimum Gasteiger partial charge on any atom is -0.507 e. The summed E-state index contributed by atoms with van der Waals surface area (Å²) in [6, 6.07) is 22.5. The van der Waals surface area contributed by atoms with Crippen LogP contribution in [0, 0.1) is 6.92 Å². The first-order valence-corrected chi connectivity index (χ1v) is 12.6. The number of likely N-dealkylation sites (tertiary alicyclic amines) is 1. The van der Waals surface area contributed by atoms with E-state index in [4.69, 9.17) is 4.74 Å². The predicted octanol–water partition coefficient (Wildman–Crippen LogP) is 5.12. The van der Waals surface area contributed by atoms with E-state index in [1.54, 1.807) is 17.0 Å². The molecule has 0 bridgehead atoms. The van der Waals surface area contributed by atoms with Crippen molar-refractivity contribution < 1.29 is 19.4 Å². The normalized spacial score (nSPS) is 17.0. The van der Waals surface area contributed by atoms with E-state index in [2.05, 4.69) is 6.92 Å². The molecule has 0 aliphatic carbocycles. The number of carbonyl (C=O) groups excluding carboxylic acids is 2. The highest BCUT2D eigenvalue weighted by Gasteiger charge is 2.46. The Morgan fingerprint density at radius 2 is 1.68 bits per heavy atom. The van der Waals surface area contributed by atoms with E-state index < -0.39 is 17.7 Å². The first-order chi connectivity index (χ1) is 17.8. The van der Waals surface area contributed by atoms with Gasteiger partial charge in [-0.05, 0) is 67.9 Å². The van der Waals surface area contributed by atoms with Crippen LogP contribution in [-0.4, -0.2) is 53.8 Å². The summed E-state index contributed by atoms with van der Waals surface area (Å²) in [7, 11) is 3.85. The maximum Gasteiger partial charge on any atom is 0.295 e. The quantitative estimate of drug-likeness (QED) is 0.252. The van der Waals surface area contributed by atoms with Crippen LogP contribution in [0.15, 0.2) is 78.4 Å². The fourth-order valence-electron chi connectivity index (χ4n) is 4.58. The molecule has 192 valence electrons. The van der Waals surface area contributed by atoms with Crippen molar-refractivity contribution in [3.63, 3.8) is 0 Å². The largest absolute Gasteiger partial charge is 0.507 e. The lowest BCUT2D eigenvalue weighted by atomic mass is 9.93. The fraction of sp³-hybridized carbons (Fsp3) is 0.290. The maximum atomic E-state index is 13.3. The van der Waals surface area contributed by atoms with Crippen LogP contribution in [0.25, 0.3) is 5.76 Å². The van der Waals surface area contributed by atoms with Gasteiger partial charge >= 0.3 is 0 Å².